The quantitative estimate of drug-likeness (QED) is 0.676. The first kappa shape index (κ1) is 15.3. The number of ketones is 1. The number of hydrogen-bond donors (Lipinski definition) is 0. The van der Waals surface area contributed by atoms with Gasteiger partial charge in [0.15, 0.2) is 5.78 Å². The van der Waals surface area contributed by atoms with E-state index in [2.05, 4.69) is 13.8 Å². The van der Waals surface area contributed by atoms with Crippen LogP contribution in [0.1, 0.15) is 42.6 Å². The van der Waals surface area contributed by atoms with Gasteiger partial charge in [0, 0.05) is 11.5 Å². The number of hydrogen-bond acceptors (Lipinski definition) is 2. The molecule has 0 fully saturated rings. The molecule has 2 rings (SSSR count). The maximum absolute atomic E-state index is 12.3. The fourth-order valence-corrected chi connectivity index (χ4v) is 2.35. The third-order valence-corrected chi connectivity index (χ3v) is 3.74. The van der Waals surface area contributed by atoms with Crippen molar-refractivity contribution in [3.63, 3.8) is 0 Å². The number of rotatable bonds is 7. The fraction of sp³-hybridized carbons (Fsp3) is 0.316. The number of Topliss-reactive ketones (excluding diaryl/α,β-unsaturated/α-hetero) is 1. The van der Waals surface area contributed by atoms with Gasteiger partial charge in [-0.1, -0.05) is 44.2 Å². The molecule has 2 aromatic rings. The first-order valence-corrected chi connectivity index (χ1v) is 7.55. The predicted molar refractivity (Wildman–Crippen MR) is 85.6 cm³/mol. The third-order valence-electron chi connectivity index (χ3n) is 3.74. The minimum atomic E-state index is 0.126. The summed E-state index contributed by atoms with van der Waals surface area (Å²) in [5, 5.41) is 0. The van der Waals surface area contributed by atoms with Crippen molar-refractivity contribution in [2.45, 2.75) is 33.3 Å². The minimum Gasteiger partial charge on any atom is -0.489 e. The molecule has 0 aromatic heterocycles. The molecule has 0 N–H and O–H groups in total. The van der Waals surface area contributed by atoms with Crippen LogP contribution in [0.4, 0.5) is 0 Å². The van der Waals surface area contributed by atoms with Gasteiger partial charge < -0.3 is 4.74 Å². The summed E-state index contributed by atoms with van der Waals surface area (Å²) >= 11 is 0. The lowest BCUT2D eigenvalue weighted by Crippen LogP contribution is -2.12. The molecule has 0 aliphatic heterocycles. The molecule has 0 aliphatic carbocycles. The third kappa shape index (κ3) is 4.19. The van der Waals surface area contributed by atoms with Crippen molar-refractivity contribution in [3.05, 3.63) is 65.7 Å². The van der Waals surface area contributed by atoms with E-state index in [-0.39, 0.29) is 11.7 Å². The number of carbonyl (C=O) groups excluding carboxylic acids is 1. The Bertz CT molecular complexity index is 554. The lowest BCUT2D eigenvalue weighted by atomic mass is 9.93. The fourth-order valence-electron chi connectivity index (χ4n) is 2.35. The van der Waals surface area contributed by atoms with Crippen LogP contribution in [0.2, 0.25) is 0 Å². The molecule has 2 heteroatoms. The van der Waals surface area contributed by atoms with Gasteiger partial charge in [-0.15, -0.1) is 0 Å². The van der Waals surface area contributed by atoms with Crippen LogP contribution in [0.15, 0.2) is 54.6 Å². The van der Waals surface area contributed by atoms with E-state index in [0.29, 0.717) is 6.61 Å². The van der Waals surface area contributed by atoms with Crippen LogP contribution in [0.5, 0.6) is 5.75 Å². The lowest BCUT2D eigenvalue weighted by molar-refractivity contribution is 0.0913. The highest BCUT2D eigenvalue weighted by Crippen LogP contribution is 2.19. The molecule has 110 valence electrons. The van der Waals surface area contributed by atoms with Gasteiger partial charge in [0.25, 0.3) is 0 Å². The molecular weight excluding hydrogens is 260 g/mol. The number of ether oxygens (including phenoxy) is 1. The summed E-state index contributed by atoms with van der Waals surface area (Å²) in [6, 6.07) is 17.5. The SMILES string of the molecule is CCC(CC)C(=O)c1ccc(OCc2ccccc2)cc1. The summed E-state index contributed by atoms with van der Waals surface area (Å²) in [6.07, 6.45) is 1.78. The highest BCUT2D eigenvalue weighted by Gasteiger charge is 2.15. The summed E-state index contributed by atoms with van der Waals surface area (Å²) in [6.45, 7) is 4.66. The highest BCUT2D eigenvalue weighted by atomic mass is 16.5. The molecule has 0 saturated carbocycles. The second kappa shape index (κ2) is 7.63. The van der Waals surface area contributed by atoms with E-state index in [1.165, 1.54) is 0 Å². The molecule has 2 nitrogen and oxygen atoms in total. The molecule has 21 heavy (non-hydrogen) atoms. The van der Waals surface area contributed by atoms with Gasteiger partial charge >= 0.3 is 0 Å². The second-order valence-electron chi connectivity index (χ2n) is 5.18. The Labute approximate surface area is 126 Å². The first-order chi connectivity index (χ1) is 10.2. The zero-order valence-electron chi connectivity index (χ0n) is 12.7. The van der Waals surface area contributed by atoms with E-state index in [1.807, 2.05) is 54.6 Å². The molecule has 0 saturated heterocycles. The monoisotopic (exact) mass is 282 g/mol. The largest absolute Gasteiger partial charge is 0.489 e. The van der Waals surface area contributed by atoms with Crippen LogP contribution in [0.3, 0.4) is 0 Å². The van der Waals surface area contributed by atoms with Crippen LogP contribution >= 0.6 is 0 Å². The highest BCUT2D eigenvalue weighted by molar-refractivity contribution is 5.97. The van der Waals surface area contributed by atoms with Gasteiger partial charge in [-0.2, -0.15) is 0 Å². The van der Waals surface area contributed by atoms with Crippen LogP contribution in [-0.4, -0.2) is 5.78 Å². The Balaban J connectivity index is 1.97. The smallest absolute Gasteiger partial charge is 0.165 e. The molecule has 0 heterocycles. The number of benzene rings is 2. The van der Waals surface area contributed by atoms with Crippen molar-refractivity contribution in [2.24, 2.45) is 5.92 Å². The summed E-state index contributed by atoms with van der Waals surface area (Å²) in [7, 11) is 0. The van der Waals surface area contributed by atoms with Gasteiger partial charge in [0.05, 0.1) is 0 Å². The lowest BCUT2D eigenvalue weighted by Gasteiger charge is -2.11. The summed E-state index contributed by atoms with van der Waals surface area (Å²) in [4.78, 5) is 12.3. The van der Waals surface area contributed by atoms with Gasteiger partial charge in [-0.25, -0.2) is 0 Å². The summed E-state index contributed by atoms with van der Waals surface area (Å²) in [5.41, 5.74) is 1.91. The molecule has 0 unspecified atom stereocenters. The maximum atomic E-state index is 12.3. The van der Waals surface area contributed by atoms with E-state index in [4.69, 9.17) is 4.74 Å². The van der Waals surface area contributed by atoms with E-state index >= 15 is 0 Å². The zero-order valence-corrected chi connectivity index (χ0v) is 12.7. The van der Waals surface area contributed by atoms with E-state index in [9.17, 15) is 4.79 Å². The molecule has 0 amide bonds. The van der Waals surface area contributed by atoms with Crippen LogP contribution in [0, 0.1) is 5.92 Å². The van der Waals surface area contributed by atoms with Crippen molar-refractivity contribution >= 4 is 5.78 Å². The van der Waals surface area contributed by atoms with Crippen molar-refractivity contribution in [1.29, 1.82) is 0 Å². The second-order valence-corrected chi connectivity index (χ2v) is 5.18. The Morgan fingerprint density at radius 1 is 0.952 bits per heavy atom. The summed E-state index contributed by atoms with van der Waals surface area (Å²) < 4.78 is 5.73. The topological polar surface area (TPSA) is 26.3 Å². The van der Waals surface area contributed by atoms with E-state index in [0.717, 1.165) is 29.7 Å². The van der Waals surface area contributed by atoms with Crippen molar-refractivity contribution in [2.75, 3.05) is 0 Å². The molecule has 0 spiro atoms. The average Bonchev–Trinajstić information content (AvgIpc) is 2.55. The minimum absolute atomic E-state index is 0.126. The van der Waals surface area contributed by atoms with Crippen molar-refractivity contribution < 1.29 is 9.53 Å². The van der Waals surface area contributed by atoms with Crippen LogP contribution in [0.25, 0.3) is 0 Å². The van der Waals surface area contributed by atoms with Gasteiger partial charge in [0.1, 0.15) is 12.4 Å². The average molecular weight is 282 g/mol. The summed E-state index contributed by atoms with van der Waals surface area (Å²) in [5.74, 6) is 1.15. The molecule has 0 aliphatic rings. The molecule has 0 radical (unpaired) electrons. The Hall–Kier alpha value is -2.09. The van der Waals surface area contributed by atoms with Gasteiger partial charge in [-0.3, -0.25) is 4.79 Å². The standard InChI is InChI=1S/C19H22O2/c1-3-16(4-2)19(20)17-10-12-18(13-11-17)21-14-15-8-6-5-7-9-15/h5-13,16H,3-4,14H2,1-2H3. The normalized spacial score (nSPS) is 10.6. The van der Waals surface area contributed by atoms with Gasteiger partial charge in [0.2, 0.25) is 0 Å². The Kier molecular flexibility index (Phi) is 5.56. The number of carbonyl (C=O) groups is 1. The van der Waals surface area contributed by atoms with Crippen LogP contribution < -0.4 is 4.74 Å². The van der Waals surface area contributed by atoms with Crippen molar-refractivity contribution in [1.82, 2.24) is 0 Å². The predicted octanol–water partition coefficient (Wildman–Crippen LogP) is 4.88. The molecule has 0 atom stereocenters. The molecule has 2 aromatic carbocycles. The van der Waals surface area contributed by atoms with E-state index < -0.39 is 0 Å². The van der Waals surface area contributed by atoms with Crippen LogP contribution in [-0.2, 0) is 6.61 Å². The molecule has 0 bridgehead atoms. The Morgan fingerprint density at radius 2 is 1.57 bits per heavy atom. The maximum Gasteiger partial charge on any atom is 0.165 e. The van der Waals surface area contributed by atoms with Gasteiger partial charge in [-0.05, 0) is 42.7 Å². The van der Waals surface area contributed by atoms with Crippen molar-refractivity contribution in [3.8, 4) is 5.75 Å². The van der Waals surface area contributed by atoms with E-state index in [1.54, 1.807) is 0 Å². The molecular formula is C19H22O2. The first-order valence-electron chi connectivity index (χ1n) is 7.55. The zero-order chi connectivity index (χ0) is 15.1. The Morgan fingerprint density at radius 3 is 2.14 bits per heavy atom.